The lowest BCUT2D eigenvalue weighted by atomic mass is 10.0. The van der Waals surface area contributed by atoms with Gasteiger partial charge in [0.15, 0.2) is 0 Å². The zero-order chi connectivity index (χ0) is 14.7. The summed E-state index contributed by atoms with van der Waals surface area (Å²) >= 11 is 0. The lowest BCUT2D eigenvalue weighted by Gasteiger charge is -2.26. The van der Waals surface area contributed by atoms with Crippen LogP contribution < -0.4 is 0 Å². The van der Waals surface area contributed by atoms with Crippen molar-refractivity contribution in [3.05, 3.63) is 0 Å². The van der Waals surface area contributed by atoms with Gasteiger partial charge in [-0.2, -0.15) is 0 Å². The van der Waals surface area contributed by atoms with Crippen molar-refractivity contribution in [3.63, 3.8) is 0 Å². The Morgan fingerprint density at radius 2 is 1.19 bits per heavy atom. The summed E-state index contributed by atoms with van der Waals surface area (Å²) < 4.78 is 0. The van der Waals surface area contributed by atoms with E-state index < -0.39 is 0 Å². The average Bonchev–Trinajstić information content (AvgIpc) is 2.81. The second kappa shape index (κ2) is 5.21. The van der Waals surface area contributed by atoms with E-state index in [1.54, 1.807) is 0 Å². The van der Waals surface area contributed by atoms with Gasteiger partial charge < -0.3 is 14.7 Å². The average molecular weight is 291 g/mol. The number of rotatable bonds is 4. The van der Waals surface area contributed by atoms with Crippen LogP contribution in [0.1, 0.15) is 27.7 Å². The molecule has 3 saturated heterocycles. The highest BCUT2D eigenvalue weighted by Gasteiger charge is 2.56. The van der Waals surface area contributed by atoms with Gasteiger partial charge in [-0.05, 0) is 57.3 Å². The topological polar surface area (TPSA) is 9.72 Å². The zero-order valence-electron chi connectivity index (χ0n) is 14.3. The van der Waals surface area contributed by atoms with E-state index in [1.165, 1.54) is 45.8 Å². The van der Waals surface area contributed by atoms with E-state index in [0.29, 0.717) is 0 Å². The highest BCUT2D eigenvalue weighted by Crippen LogP contribution is 2.52. The summed E-state index contributed by atoms with van der Waals surface area (Å²) in [5, 5.41) is 0. The Hall–Kier alpha value is -0.120. The molecule has 21 heavy (non-hydrogen) atoms. The SMILES string of the molecule is CC(C)N1CC2CN(CC3C4CN(C(C)C)CC34)CC2C1. The summed E-state index contributed by atoms with van der Waals surface area (Å²) in [6.07, 6.45) is 0. The Morgan fingerprint density at radius 1 is 0.714 bits per heavy atom. The molecule has 0 bridgehead atoms. The highest BCUT2D eigenvalue weighted by atomic mass is 15.3. The van der Waals surface area contributed by atoms with Crippen LogP contribution in [0.15, 0.2) is 0 Å². The first-order valence-corrected chi connectivity index (χ1v) is 9.23. The minimum absolute atomic E-state index is 0.744. The molecule has 3 nitrogen and oxygen atoms in total. The van der Waals surface area contributed by atoms with Crippen molar-refractivity contribution in [2.45, 2.75) is 39.8 Å². The second-order valence-electron chi connectivity index (χ2n) is 8.83. The van der Waals surface area contributed by atoms with E-state index in [4.69, 9.17) is 0 Å². The molecule has 4 atom stereocenters. The van der Waals surface area contributed by atoms with Gasteiger partial charge in [-0.25, -0.2) is 0 Å². The summed E-state index contributed by atoms with van der Waals surface area (Å²) in [5.41, 5.74) is 0. The molecular formula is C18H33N3. The number of fused-ring (bicyclic) bond motifs is 2. The lowest BCUT2D eigenvalue weighted by Crippen LogP contribution is -2.35. The van der Waals surface area contributed by atoms with Gasteiger partial charge in [0.25, 0.3) is 0 Å². The third-order valence-corrected chi connectivity index (χ3v) is 6.92. The molecule has 120 valence electrons. The Labute approximate surface area is 130 Å². The van der Waals surface area contributed by atoms with Crippen molar-refractivity contribution in [1.29, 1.82) is 0 Å². The monoisotopic (exact) mass is 291 g/mol. The first kappa shape index (κ1) is 14.5. The number of nitrogens with zero attached hydrogens (tertiary/aromatic N) is 3. The summed E-state index contributed by atoms with van der Waals surface area (Å²) in [5.74, 6) is 5.07. The number of hydrogen-bond donors (Lipinski definition) is 0. The molecule has 0 N–H and O–H groups in total. The van der Waals surface area contributed by atoms with Crippen LogP contribution in [-0.2, 0) is 0 Å². The van der Waals surface area contributed by atoms with Crippen LogP contribution in [0.25, 0.3) is 0 Å². The molecule has 0 aromatic carbocycles. The van der Waals surface area contributed by atoms with Crippen molar-refractivity contribution < 1.29 is 0 Å². The molecule has 1 saturated carbocycles. The second-order valence-corrected chi connectivity index (χ2v) is 8.83. The molecule has 3 heteroatoms. The largest absolute Gasteiger partial charge is 0.302 e. The van der Waals surface area contributed by atoms with E-state index in [9.17, 15) is 0 Å². The summed E-state index contributed by atoms with van der Waals surface area (Å²) in [6.45, 7) is 19.1. The molecule has 0 amide bonds. The van der Waals surface area contributed by atoms with Gasteiger partial charge >= 0.3 is 0 Å². The quantitative estimate of drug-likeness (QED) is 0.782. The molecule has 1 aliphatic carbocycles. The van der Waals surface area contributed by atoms with Crippen LogP contribution in [0.4, 0.5) is 0 Å². The fourth-order valence-electron chi connectivity index (χ4n) is 5.37. The maximum atomic E-state index is 2.82. The first-order valence-electron chi connectivity index (χ1n) is 9.23. The van der Waals surface area contributed by atoms with Crippen molar-refractivity contribution in [1.82, 2.24) is 14.7 Å². The molecule has 0 aromatic heterocycles. The van der Waals surface area contributed by atoms with E-state index >= 15 is 0 Å². The first-order chi connectivity index (χ1) is 10.0. The Kier molecular flexibility index (Phi) is 3.59. The zero-order valence-corrected chi connectivity index (χ0v) is 14.3. The van der Waals surface area contributed by atoms with Crippen LogP contribution in [-0.4, -0.2) is 72.6 Å². The van der Waals surface area contributed by atoms with Gasteiger partial charge in [-0.1, -0.05) is 0 Å². The van der Waals surface area contributed by atoms with Gasteiger partial charge in [0, 0.05) is 57.9 Å². The maximum absolute atomic E-state index is 2.82. The van der Waals surface area contributed by atoms with Crippen LogP contribution in [0.5, 0.6) is 0 Å². The minimum Gasteiger partial charge on any atom is -0.302 e. The van der Waals surface area contributed by atoms with E-state index in [0.717, 1.165) is 41.7 Å². The molecular weight excluding hydrogens is 258 g/mol. The number of likely N-dealkylation sites (tertiary alicyclic amines) is 3. The van der Waals surface area contributed by atoms with Crippen LogP contribution in [0.3, 0.4) is 0 Å². The number of hydrogen-bond acceptors (Lipinski definition) is 3. The molecule has 3 aliphatic heterocycles. The third-order valence-electron chi connectivity index (χ3n) is 6.92. The Morgan fingerprint density at radius 3 is 1.67 bits per heavy atom. The van der Waals surface area contributed by atoms with E-state index in [2.05, 4.69) is 42.4 Å². The minimum atomic E-state index is 0.744. The molecule has 3 heterocycles. The lowest BCUT2D eigenvalue weighted by molar-refractivity contribution is 0.197. The normalized spacial score (nSPS) is 44.0. The smallest absolute Gasteiger partial charge is 0.00388 e. The maximum Gasteiger partial charge on any atom is 0.00388 e. The molecule has 0 radical (unpaired) electrons. The van der Waals surface area contributed by atoms with Gasteiger partial charge in [0.1, 0.15) is 0 Å². The molecule has 0 spiro atoms. The summed E-state index contributed by atoms with van der Waals surface area (Å²) in [7, 11) is 0. The Bertz CT molecular complexity index is 368. The van der Waals surface area contributed by atoms with Gasteiger partial charge in [-0.3, -0.25) is 0 Å². The molecule has 0 aromatic rings. The fourth-order valence-corrected chi connectivity index (χ4v) is 5.37. The number of piperidine rings is 1. The van der Waals surface area contributed by atoms with Crippen LogP contribution in [0.2, 0.25) is 0 Å². The standard InChI is InChI=1S/C18H33N3/c1-12(2)20-7-14-5-19(6-15(14)8-20)9-16-17-10-21(13(3)4)11-18(16)17/h12-18H,5-11H2,1-4H3. The van der Waals surface area contributed by atoms with Crippen LogP contribution >= 0.6 is 0 Å². The summed E-state index contributed by atoms with van der Waals surface area (Å²) in [6, 6.07) is 1.50. The summed E-state index contributed by atoms with van der Waals surface area (Å²) in [4.78, 5) is 8.19. The predicted molar refractivity (Wildman–Crippen MR) is 87.3 cm³/mol. The van der Waals surface area contributed by atoms with E-state index in [-0.39, 0.29) is 0 Å². The van der Waals surface area contributed by atoms with Crippen molar-refractivity contribution in [2.24, 2.45) is 29.6 Å². The third kappa shape index (κ3) is 2.55. The van der Waals surface area contributed by atoms with Crippen molar-refractivity contribution in [2.75, 3.05) is 45.8 Å². The van der Waals surface area contributed by atoms with Crippen molar-refractivity contribution >= 4 is 0 Å². The van der Waals surface area contributed by atoms with Gasteiger partial charge in [-0.15, -0.1) is 0 Å². The molecule has 4 aliphatic rings. The van der Waals surface area contributed by atoms with E-state index in [1.807, 2.05) is 0 Å². The fraction of sp³-hybridized carbons (Fsp3) is 1.00. The molecule has 4 rings (SSSR count). The molecule has 4 fully saturated rings. The van der Waals surface area contributed by atoms with Gasteiger partial charge in [0.05, 0.1) is 0 Å². The van der Waals surface area contributed by atoms with Crippen LogP contribution in [0, 0.1) is 29.6 Å². The molecule has 4 unspecified atom stereocenters. The Balaban J connectivity index is 1.24. The predicted octanol–water partition coefficient (Wildman–Crippen LogP) is 1.84. The van der Waals surface area contributed by atoms with Gasteiger partial charge in [0.2, 0.25) is 0 Å². The van der Waals surface area contributed by atoms with Crippen molar-refractivity contribution in [3.8, 4) is 0 Å². The highest BCUT2D eigenvalue weighted by molar-refractivity contribution is 5.07.